The minimum Gasteiger partial charge on any atom is -0.356 e. The highest BCUT2D eigenvalue weighted by Crippen LogP contribution is 2.16. The number of anilines is 1. The van der Waals surface area contributed by atoms with Gasteiger partial charge in [-0.05, 0) is 34.8 Å². The fourth-order valence-corrected chi connectivity index (χ4v) is 1.55. The Morgan fingerprint density at radius 3 is 2.72 bits per heavy atom. The third-order valence-electron chi connectivity index (χ3n) is 2.24. The molecule has 0 radical (unpaired) electrons. The Kier molecular flexibility index (Phi) is 5.53. The summed E-state index contributed by atoms with van der Waals surface area (Å²) in [4.78, 5) is 15.6. The molecule has 1 aromatic heterocycles. The van der Waals surface area contributed by atoms with Gasteiger partial charge in [-0.3, -0.25) is 4.79 Å². The van der Waals surface area contributed by atoms with E-state index in [0.29, 0.717) is 16.9 Å². The van der Waals surface area contributed by atoms with E-state index in [1.54, 1.807) is 6.92 Å². The lowest BCUT2D eigenvalue weighted by Gasteiger charge is -2.16. The summed E-state index contributed by atoms with van der Waals surface area (Å²) in [6.45, 7) is 6.28. The predicted octanol–water partition coefficient (Wildman–Crippen LogP) is 2.56. The van der Waals surface area contributed by atoms with E-state index in [0.717, 1.165) is 0 Å². The summed E-state index contributed by atoms with van der Waals surface area (Å²) >= 11 is 3.12. The summed E-state index contributed by atoms with van der Waals surface area (Å²) in [6.07, 6.45) is 1.48. The summed E-state index contributed by atoms with van der Waals surface area (Å²) < 4.78 is 14.1. The second-order valence-corrected chi connectivity index (χ2v) is 5.40. The number of nitrogens with one attached hydrogen (secondary N) is 2. The number of pyridine rings is 1. The number of halogens is 2. The van der Waals surface area contributed by atoms with E-state index in [9.17, 15) is 9.18 Å². The minimum atomic E-state index is -0.535. The van der Waals surface area contributed by atoms with Crippen LogP contribution in [0.3, 0.4) is 0 Å². The van der Waals surface area contributed by atoms with Gasteiger partial charge in [-0.1, -0.05) is 13.8 Å². The first-order chi connectivity index (χ1) is 8.40. The molecule has 0 spiro atoms. The van der Waals surface area contributed by atoms with E-state index >= 15 is 0 Å². The molecule has 0 aromatic carbocycles. The van der Waals surface area contributed by atoms with Crippen LogP contribution >= 0.6 is 15.9 Å². The molecule has 18 heavy (non-hydrogen) atoms. The molecule has 0 fully saturated rings. The smallest absolute Gasteiger partial charge is 0.242 e. The summed E-state index contributed by atoms with van der Waals surface area (Å²) in [5, 5.41) is 5.51. The van der Waals surface area contributed by atoms with Gasteiger partial charge in [-0.2, -0.15) is 0 Å². The Balaban J connectivity index is 2.58. The van der Waals surface area contributed by atoms with Crippen LogP contribution in [0.15, 0.2) is 16.7 Å². The van der Waals surface area contributed by atoms with Crippen LogP contribution in [-0.2, 0) is 4.79 Å². The number of nitrogens with zero attached hydrogens (tertiary/aromatic N) is 1. The summed E-state index contributed by atoms with van der Waals surface area (Å²) in [7, 11) is 0. The van der Waals surface area contributed by atoms with E-state index < -0.39 is 11.9 Å². The Labute approximate surface area is 114 Å². The van der Waals surface area contributed by atoms with Crippen molar-refractivity contribution < 1.29 is 9.18 Å². The molecule has 1 heterocycles. The van der Waals surface area contributed by atoms with Crippen LogP contribution < -0.4 is 10.6 Å². The maximum atomic E-state index is 13.5. The fourth-order valence-electron chi connectivity index (χ4n) is 1.25. The fraction of sp³-hybridized carbons (Fsp3) is 0.500. The summed E-state index contributed by atoms with van der Waals surface area (Å²) in [5.74, 6) is -0.213. The van der Waals surface area contributed by atoms with Gasteiger partial charge in [-0.15, -0.1) is 0 Å². The molecule has 6 heteroatoms. The lowest BCUT2D eigenvalue weighted by atomic mass is 10.2. The SMILES string of the molecule is CC(C)CNC(=O)C(C)Nc1ncc(Br)cc1F. The van der Waals surface area contributed by atoms with Crippen molar-refractivity contribution in [3.63, 3.8) is 0 Å². The van der Waals surface area contributed by atoms with Gasteiger partial charge in [-0.25, -0.2) is 9.37 Å². The number of hydrogen-bond acceptors (Lipinski definition) is 3. The average molecular weight is 318 g/mol. The second-order valence-electron chi connectivity index (χ2n) is 4.49. The lowest BCUT2D eigenvalue weighted by Crippen LogP contribution is -2.39. The van der Waals surface area contributed by atoms with Crippen LogP contribution in [0.1, 0.15) is 20.8 Å². The number of aromatic nitrogens is 1. The third-order valence-corrected chi connectivity index (χ3v) is 2.67. The van der Waals surface area contributed by atoms with Crippen LogP contribution in [0.2, 0.25) is 0 Å². The Morgan fingerprint density at radius 2 is 2.17 bits per heavy atom. The Hall–Kier alpha value is -1.17. The average Bonchev–Trinajstić information content (AvgIpc) is 2.29. The van der Waals surface area contributed by atoms with Gasteiger partial charge in [0, 0.05) is 17.2 Å². The lowest BCUT2D eigenvalue weighted by molar-refractivity contribution is -0.121. The predicted molar refractivity (Wildman–Crippen MR) is 72.8 cm³/mol. The molecule has 1 rings (SSSR count). The number of carbonyl (C=O) groups is 1. The molecule has 0 saturated heterocycles. The molecule has 100 valence electrons. The molecular weight excluding hydrogens is 301 g/mol. The van der Waals surface area contributed by atoms with Crippen LogP contribution in [-0.4, -0.2) is 23.5 Å². The molecule has 0 aliphatic heterocycles. The molecule has 0 saturated carbocycles. The number of hydrogen-bond donors (Lipinski definition) is 2. The van der Waals surface area contributed by atoms with Gasteiger partial charge in [0.2, 0.25) is 5.91 Å². The number of carbonyl (C=O) groups excluding carboxylic acids is 1. The van der Waals surface area contributed by atoms with Crippen molar-refractivity contribution in [1.82, 2.24) is 10.3 Å². The number of amides is 1. The molecular formula is C12H17BrFN3O. The van der Waals surface area contributed by atoms with Crippen molar-refractivity contribution in [3.8, 4) is 0 Å². The maximum absolute atomic E-state index is 13.5. The minimum absolute atomic E-state index is 0.0744. The quantitative estimate of drug-likeness (QED) is 0.877. The highest BCUT2D eigenvalue weighted by molar-refractivity contribution is 9.10. The monoisotopic (exact) mass is 317 g/mol. The second kappa shape index (κ2) is 6.68. The molecule has 4 nitrogen and oxygen atoms in total. The summed E-state index contributed by atoms with van der Waals surface area (Å²) in [6, 6.07) is 0.764. The highest BCUT2D eigenvalue weighted by atomic mass is 79.9. The first-order valence-corrected chi connectivity index (χ1v) is 6.54. The Morgan fingerprint density at radius 1 is 1.50 bits per heavy atom. The van der Waals surface area contributed by atoms with E-state index in [2.05, 4.69) is 31.5 Å². The van der Waals surface area contributed by atoms with Crippen molar-refractivity contribution in [2.75, 3.05) is 11.9 Å². The third kappa shape index (κ3) is 4.60. The van der Waals surface area contributed by atoms with Gasteiger partial charge in [0.05, 0.1) is 0 Å². The van der Waals surface area contributed by atoms with Crippen molar-refractivity contribution in [3.05, 3.63) is 22.6 Å². The maximum Gasteiger partial charge on any atom is 0.242 e. The molecule has 0 bridgehead atoms. The van der Waals surface area contributed by atoms with Crippen LogP contribution in [0, 0.1) is 11.7 Å². The van der Waals surface area contributed by atoms with Gasteiger partial charge < -0.3 is 10.6 Å². The van der Waals surface area contributed by atoms with E-state index in [4.69, 9.17) is 0 Å². The van der Waals surface area contributed by atoms with Gasteiger partial charge in [0.25, 0.3) is 0 Å². The molecule has 2 N–H and O–H groups in total. The zero-order chi connectivity index (χ0) is 13.7. The largest absolute Gasteiger partial charge is 0.356 e. The molecule has 1 amide bonds. The van der Waals surface area contributed by atoms with Crippen LogP contribution in [0.5, 0.6) is 0 Å². The first kappa shape index (κ1) is 14.9. The zero-order valence-electron chi connectivity index (χ0n) is 10.6. The van der Waals surface area contributed by atoms with E-state index in [1.165, 1.54) is 12.3 Å². The van der Waals surface area contributed by atoms with Crippen LogP contribution in [0.25, 0.3) is 0 Å². The van der Waals surface area contributed by atoms with Gasteiger partial charge in [0.15, 0.2) is 11.6 Å². The molecule has 1 aromatic rings. The zero-order valence-corrected chi connectivity index (χ0v) is 12.2. The van der Waals surface area contributed by atoms with Gasteiger partial charge >= 0.3 is 0 Å². The Bertz CT molecular complexity index is 426. The standard InChI is InChI=1S/C12H17BrFN3O/c1-7(2)5-16-12(18)8(3)17-11-10(14)4-9(13)6-15-11/h4,6-8H,5H2,1-3H3,(H,15,17)(H,16,18). The van der Waals surface area contributed by atoms with Crippen molar-refractivity contribution in [2.45, 2.75) is 26.8 Å². The van der Waals surface area contributed by atoms with E-state index in [1.807, 2.05) is 13.8 Å². The summed E-state index contributed by atoms with van der Waals surface area (Å²) in [5.41, 5.74) is 0. The molecule has 0 aliphatic rings. The van der Waals surface area contributed by atoms with Crippen molar-refractivity contribution in [1.29, 1.82) is 0 Å². The van der Waals surface area contributed by atoms with Crippen molar-refractivity contribution >= 4 is 27.7 Å². The number of rotatable bonds is 5. The highest BCUT2D eigenvalue weighted by Gasteiger charge is 2.15. The molecule has 0 aliphatic carbocycles. The van der Waals surface area contributed by atoms with Crippen LogP contribution in [0.4, 0.5) is 10.2 Å². The molecule has 1 unspecified atom stereocenters. The molecule has 1 atom stereocenters. The van der Waals surface area contributed by atoms with Gasteiger partial charge in [0.1, 0.15) is 6.04 Å². The van der Waals surface area contributed by atoms with E-state index in [-0.39, 0.29) is 11.7 Å². The topological polar surface area (TPSA) is 54.0 Å². The van der Waals surface area contributed by atoms with Crippen molar-refractivity contribution in [2.24, 2.45) is 5.92 Å². The first-order valence-electron chi connectivity index (χ1n) is 5.75. The normalized spacial score (nSPS) is 12.3.